The summed E-state index contributed by atoms with van der Waals surface area (Å²) in [5, 5.41) is 26.0. The number of aliphatic hydroxyl groups excluding tert-OH is 2. The van der Waals surface area contributed by atoms with E-state index in [-0.39, 0.29) is 17.8 Å². The molecule has 0 saturated carbocycles. The van der Waals surface area contributed by atoms with E-state index >= 15 is 0 Å². The number of hydrogen-bond donors (Lipinski definition) is 3. The summed E-state index contributed by atoms with van der Waals surface area (Å²) in [5.74, 6) is 0.196. The summed E-state index contributed by atoms with van der Waals surface area (Å²) in [6.45, 7) is 14.8. The van der Waals surface area contributed by atoms with Crippen LogP contribution in [0.2, 0.25) is 0 Å². The van der Waals surface area contributed by atoms with Crippen molar-refractivity contribution in [2.45, 2.75) is 99.5 Å². The molecule has 5 aliphatic heterocycles. The number of rotatable bonds is 9. The number of fused-ring (bicyclic) bond motifs is 5. The van der Waals surface area contributed by atoms with Crippen molar-refractivity contribution in [3.63, 3.8) is 0 Å². The molecular weight excluding hydrogens is 576 g/mol. The SMILES string of the molecule is CCCCOC(=O)CC[C@@H]1C2=C3CC(O)=C4C3=NC(=C4CC)C=C3N=C(C=C4N=C(C=C(N2)[C@H]1C)C(C)=C4[C@@H](C)O)C(C)=C3CC. The zero-order valence-corrected chi connectivity index (χ0v) is 28.2. The second-order valence-electron chi connectivity index (χ2n) is 13.0. The van der Waals surface area contributed by atoms with Crippen molar-refractivity contribution in [3.05, 3.63) is 91.5 Å². The first kappa shape index (κ1) is 31.9. The molecule has 8 bridgehead atoms. The Morgan fingerprint density at radius 2 is 1.74 bits per heavy atom. The monoisotopic (exact) mass is 622 g/mol. The van der Waals surface area contributed by atoms with E-state index in [2.05, 4.69) is 52.1 Å². The van der Waals surface area contributed by atoms with Crippen LogP contribution in [0.4, 0.5) is 0 Å². The molecule has 0 aromatic rings. The number of aliphatic hydroxyl groups is 2. The van der Waals surface area contributed by atoms with Crippen molar-refractivity contribution in [1.29, 1.82) is 0 Å². The highest BCUT2D eigenvalue weighted by Crippen LogP contribution is 2.47. The van der Waals surface area contributed by atoms with Gasteiger partial charge in [-0.2, -0.15) is 0 Å². The number of nitrogens with one attached hydrogen (secondary N) is 1. The summed E-state index contributed by atoms with van der Waals surface area (Å²) < 4.78 is 5.51. The third-order valence-electron chi connectivity index (χ3n) is 10.1. The topological polar surface area (TPSA) is 116 Å². The van der Waals surface area contributed by atoms with Crippen LogP contribution in [0.1, 0.15) is 93.4 Å². The molecular formula is C38H46N4O4. The summed E-state index contributed by atoms with van der Waals surface area (Å²) in [5.41, 5.74) is 13.6. The van der Waals surface area contributed by atoms with E-state index in [1.165, 1.54) is 0 Å². The maximum Gasteiger partial charge on any atom is 0.305 e. The maximum atomic E-state index is 12.7. The number of carbonyl (C=O) groups excluding carboxylic acids is 1. The largest absolute Gasteiger partial charge is 0.511 e. The van der Waals surface area contributed by atoms with Gasteiger partial charge < -0.3 is 20.3 Å². The Hall–Kier alpha value is -4.04. The van der Waals surface area contributed by atoms with Gasteiger partial charge in [-0.25, -0.2) is 15.0 Å². The molecule has 1 aliphatic carbocycles. The predicted octanol–water partition coefficient (Wildman–Crippen LogP) is 7.55. The van der Waals surface area contributed by atoms with Crippen LogP contribution < -0.4 is 5.32 Å². The van der Waals surface area contributed by atoms with Crippen LogP contribution in [-0.2, 0) is 9.53 Å². The Labute approximate surface area is 272 Å². The predicted molar refractivity (Wildman–Crippen MR) is 183 cm³/mol. The summed E-state index contributed by atoms with van der Waals surface area (Å²) >= 11 is 0. The molecule has 3 atom stereocenters. The van der Waals surface area contributed by atoms with Gasteiger partial charge in [0.05, 0.1) is 46.9 Å². The molecule has 1 saturated heterocycles. The van der Waals surface area contributed by atoms with Crippen molar-refractivity contribution in [2.75, 3.05) is 6.61 Å². The molecule has 3 N–H and O–H groups in total. The zero-order chi connectivity index (χ0) is 32.9. The Morgan fingerprint density at radius 3 is 2.43 bits per heavy atom. The highest BCUT2D eigenvalue weighted by molar-refractivity contribution is 6.21. The lowest BCUT2D eigenvalue weighted by molar-refractivity contribution is -0.144. The molecule has 8 heteroatoms. The second kappa shape index (κ2) is 12.6. The molecule has 46 heavy (non-hydrogen) atoms. The summed E-state index contributed by atoms with van der Waals surface area (Å²) in [7, 11) is 0. The fraction of sp³-hybridized carbons (Fsp3) is 0.474. The Balaban J connectivity index is 1.53. The van der Waals surface area contributed by atoms with Gasteiger partial charge in [-0.1, -0.05) is 34.1 Å². The van der Waals surface area contributed by atoms with Crippen LogP contribution in [0.25, 0.3) is 0 Å². The van der Waals surface area contributed by atoms with Crippen molar-refractivity contribution in [3.8, 4) is 0 Å². The van der Waals surface area contributed by atoms with Gasteiger partial charge in [0.25, 0.3) is 0 Å². The molecule has 1 fully saturated rings. The molecule has 8 nitrogen and oxygen atoms in total. The van der Waals surface area contributed by atoms with Crippen LogP contribution in [0, 0.1) is 11.8 Å². The fourth-order valence-electron chi connectivity index (χ4n) is 7.57. The average Bonchev–Trinajstić information content (AvgIpc) is 3.77. The van der Waals surface area contributed by atoms with E-state index in [1.54, 1.807) is 6.92 Å². The van der Waals surface area contributed by atoms with Crippen LogP contribution >= 0.6 is 0 Å². The normalized spacial score (nSPS) is 24.3. The summed E-state index contributed by atoms with van der Waals surface area (Å²) in [4.78, 5) is 28.0. The van der Waals surface area contributed by atoms with E-state index in [9.17, 15) is 15.0 Å². The minimum atomic E-state index is -0.702. The lowest BCUT2D eigenvalue weighted by Gasteiger charge is -2.17. The number of hydrogen-bond acceptors (Lipinski definition) is 8. The number of unbranched alkanes of at least 4 members (excludes halogenated alkanes) is 1. The highest BCUT2D eigenvalue weighted by atomic mass is 16.5. The standard InChI is InChI=1S/C38H46N4O4/c1-8-11-14-46-34(45)13-12-25-20(5)28-16-29-21(6)35(22(7)43)32(40-29)17-27-19(4)23(9-2)30(39-27)18-31-24(10-3)36-33(44)15-26(37(25)41-28)38(36)42-31/h16-18,20,22,25,41,43-44H,8-15H2,1-7H3/t20-,22+,25-/m0/s1. The van der Waals surface area contributed by atoms with Crippen LogP contribution in [-0.4, -0.2) is 46.0 Å². The minimum absolute atomic E-state index is 0.00521. The van der Waals surface area contributed by atoms with Crippen molar-refractivity contribution in [1.82, 2.24) is 5.32 Å². The molecule has 0 amide bonds. The van der Waals surface area contributed by atoms with E-state index < -0.39 is 6.10 Å². The zero-order valence-electron chi connectivity index (χ0n) is 28.2. The molecule has 0 aromatic heterocycles. The van der Waals surface area contributed by atoms with Crippen molar-refractivity contribution >= 4 is 23.1 Å². The first-order valence-corrected chi connectivity index (χ1v) is 16.9. The van der Waals surface area contributed by atoms with Crippen molar-refractivity contribution < 1.29 is 19.7 Å². The molecule has 0 spiro atoms. The third kappa shape index (κ3) is 5.40. The van der Waals surface area contributed by atoms with Gasteiger partial charge in [0.2, 0.25) is 0 Å². The van der Waals surface area contributed by atoms with Gasteiger partial charge in [-0.05, 0) is 87.0 Å². The van der Waals surface area contributed by atoms with Gasteiger partial charge in [0, 0.05) is 52.8 Å². The molecule has 0 unspecified atom stereocenters. The molecule has 0 aromatic carbocycles. The smallest absolute Gasteiger partial charge is 0.305 e. The van der Waals surface area contributed by atoms with Crippen LogP contribution in [0.5, 0.6) is 0 Å². The van der Waals surface area contributed by atoms with Gasteiger partial charge in [-0.3, -0.25) is 4.79 Å². The summed E-state index contributed by atoms with van der Waals surface area (Å²) in [6, 6.07) is 0. The molecule has 6 rings (SSSR count). The Morgan fingerprint density at radius 1 is 1.02 bits per heavy atom. The molecule has 5 heterocycles. The minimum Gasteiger partial charge on any atom is -0.511 e. The van der Waals surface area contributed by atoms with Gasteiger partial charge >= 0.3 is 5.97 Å². The second-order valence-corrected chi connectivity index (χ2v) is 13.0. The van der Waals surface area contributed by atoms with Gasteiger partial charge in [-0.15, -0.1) is 0 Å². The van der Waals surface area contributed by atoms with Crippen molar-refractivity contribution in [2.24, 2.45) is 26.8 Å². The highest BCUT2D eigenvalue weighted by Gasteiger charge is 2.42. The number of ether oxygens (including phenoxy) is 1. The Bertz CT molecular complexity index is 1750. The maximum absolute atomic E-state index is 12.7. The molecule has 6 aliphatic rings. The number of carbonyl (C=O) groups is 1. The fourth-order valence-corrected chi connectivity index (χ4v) is 7.57. The average molecular weight is 623 g/mol. The quantitative estimate of drug-likeness (QED) is 0.181. The number of allylic oxidation sites excluding steroid dienone is 11. The van der Waals surface area contributed by atoms with E-state index in [1.807, 2.05) is 13.0 Å². The first-order valence-electron chi connectivity index (χ1n) is 16.9. The van der Waals surface area contributed by atoms with Gasteiger partial charge in [0.1, 0.15) is 5.76 Å². The number of nitrogens with zero attached hydrogens (tertiary/aromatic N) is 3. The van der Waals surface area contributed by atoms with E-state index in [4.69, 9.17) is 19.7 Å². The van der Waals surface area contributed by atoms with Crippen LogP contribution in [0.3, 0.4) is 0 Å². The first-order chi connectivity index (χ1) is 22.1. The third-order valence-corrected chi connectivity index (χ3v) is 10.1. The number of aliphatic imine (C=N–C) groups is 3. The van der Waals surface area contributed by atoms with E-state index in [0.29, 0.717) is 31.6 Å². The van der Waals surface area contributed by atoms with Gasteiger partial charge in [0.15, 0.2) is 0 Å². The number of esters is 1. The summed E-state index contributed by atoms with van der Waals surface area (Å²) in [6.07, 6.45) is 10.1. The Kier molecular flexibility index (Phi) is 8.77. The molecule has 242 valence electrons. The van der Waals surface area contributed by atoms with E-state index in [0.717, 1.165) is 110 Å². The lowest BCUT2D eigenvalue weighted by Crippen LogP contribution is -2.16. The van der Waals surface area contributed by atoms with Crippen LogP contribution in [0.15, 0.2) is 106 Å². The lowest BCUT2D eigenvalue weighted by atomic mass is 9.86. The molecule has 0 radical (unpaired) electrons.